The van der Waals surface area contributed by atoms with Crippen LogP contribution in [0.3, 0.4) is 0 Å². The van der Waals surface area contributed by atoms with E-state index < -0.39 is 11.9 Å². The van der Waals surface area contributed by atoms with Gasteiger partial charge in [-0.1, -0.05) is 20.8 Å². The lowest BCUT2D eigenvalue weighted by molar-refractivity contribution is -0.141. The van der Waals surface area contributed by atoms with E-state index in [9.17, 15) is 14.4 Å². The number of hydrogen-bond donors (Lipinski definition) is 2. The van der Waals surface area contributed by atoms with Crippen molar-refractivity contribution in [2.75, 3.05) is 32.7 Å². The van der Waals surface area contributed by atoms with Crippen LogP contribution in [0, 0.1) is 5.41 Å². The molecule has 3 N–H and O–H groups in total. The molecule has 0 aromatic rings. The molecule has 0 aromatic carbocycles. The van der Waals surface area contributed by atoms with Crippen LogP contribution < -0.4 is 11.1 Å². The fourth-order valence-electron chi connectivity index (χ4n) is 1.96. The summed E-state index contributed by atoms with van der Waals surface area (Å²) in [6.07, 6.45) is 0. The fraction of sp³-hybridized carbons (Fsp3) is 0.750. The minimum atomic E-state index is -0.841. The topological polar surface area (TPSA) is 95.7 Å². The Bertz CT molecular complexity index is 368. The Morgan fingerprint density at radius 1 is 1.11 bits per heavy atom. The molecule has 108 valence electrons. The summed E-state index contributed by atoms with van der Waals surface area (Å²) in [6, 6.07) is -0.841. The zero-order chi connectivity index (χ0) is 14.6. The predicted molar refractivity (Wildman–Crippen MR) is 70.2 cm³/mol. The Morgan fingerprint density at radius 2 is 1.63 bits per heavy atom. The van der Waals surface area contributed by atoms with Gasteiger partial charge in [0, 0.05) is 31.6 Å². The highest BCUT2D eigenvalue weighted by molar-refractivity contribution is 5.94. The fourth-order valence-corrected chi connectivity index (χ4v) is 1.96. The summed E-state index contributed by atoms with van der Waals surface area (Å²) in [4.78, 5) is 37.6. The third-order valence-corrected chi connectivity index (χ3v) is 2.93. The van der Waals surface area contributed by atoms with Gasteiger partial charge in [0.25, 0.3) is 0 Å². The van der Waals surface area contributed by atoms with Crippen LogP contribution in [0.5, 0.6) is 0 Å². The number of amides is 4. The number of nitrogens with zero attached hydrogens (tertiary/aromatic N) is 2. The lowest BCUT2D eigenvalue weighted by atomic mass is 9.94. The molecule has 1 heterocycles. The third-order valence-electron chi connectivity index (χ3n) is 2.93. The van der Waals surface area contributed by atoms with Gasteiger partial charge in [0.1, 0.15) is 0 Å². The van der Waals surface area contributed by atoms with Crippen molar-refractivity contribution in [3.05, 3.63) is 0 Å². The van der Waals surface area contributed by atoms with E-state index in [1.54, 1.807) is 0 Å². The normalized spacial score (nSPS) is 17.1. The zero-order valence-corrected chi connectivity index (χ0v) is 11.7. The van der Waals surface area contributed by atoms with Crippen molar-refractivity contribution >= 4 is 17.8 Å². The summed E-state index contributed by atoms with van der Waals surface area (Å²) in [7, 11) is 0. The number of nitrogens with two attached hydrogens (primary N) is 1. The number of piperazine rings is 1. The van der Waals surface area contributed by atoms with Crippen molar-refractivity contribution in [3.8, 4) is 0 Å². The average molecular weight is 270 g/mol. The first-order valence-corrected chi connectivity index (χ1v) is 6.31. The first kappa shape index (κ1) is 15.4. The van der Waals surface area contributed by atoms with Crippen LogP contribution >= 0.6 is 0 Å². The average Bonchev–Trinajstić information content (AvgIpc) is 2.26. The number of rotatable bonds is 2. The molecule has 19 heavy (non-hydrogen) atoms. The van der Waals surface area contributed by atoms with Crippen LogP contribution in [0.1, 0.15) is 20.8 Å². The molecular formula is C12H22N4O3. The smallest absolute Gasteiger partial charge is 0.318 e. The SMILES string of the molecule is CC(C)(C)C(=O)N1CCN(CC(=O)NC(N)=O)CC1. The second kappa shape index (κ2) is 6.01. The number of hydrogen-bond acceptors (Lipinski definition) is 4. The van der Waals surface area contributed by atoms with Gasteiger partial charge in [0.2, 0.25) is 11.8 Å². The molecule has 0 bridgehead atoms. The maximum Gasteiger partial charge on any atom is 0.318 e. The number of imide groups is 1. The molecule has 0 aliphatic carbocycles. The number of carbonyl (C=O) groups is 3. The van der Waals surface area contributed by atoms with Crippen molar-refractivity contribution in [1.29, 1.82) is 0 Å². The molecule has 7 heteroatoms. The molecule has 0 aromatic heterocycles. The Kier molecular flexibility index (Phi) is 4.88. The van der Waals surface area contributed by atoms with E-state index in [1.165, 1.54) is 0 Å². The molecule has 1 saturated heterocycles. The summed E-state index contributed by atoms with van der Waals surface area (Å²) in [5.41, 5.74) is 4.48. The maximum absolute atomic E-state index is 12.1. The maximum atomic E-state index is 12.1. The van der Waals surface area contributed by atoms with E-state index in [0.717, 1.165) is 0 Å². The van der Waals surface area contributed by atoms with Crippen molar-refractivity contribution in [1.82, 2.24) is 15.1 Å². The first-order chi connectivity index (χ1) is 8.70. The monoisotopic (exact) mass is 270 g/mol. The summed E-state index contributed by atoms with van der Waals surface area (Å²) in [5, 5.41) is 2.03. The van der Waals surface area contributed by atoms with Gasteiger partial charge in [-0.15, -0.1) is 0 Å². The number of primary amides is 1. The van der Waals surface area contributed by atoms with E-state index in [-0.39, 0.29) is 17.9 Å². The van der Waals surface area contributed by atoms with Gasteiger partial charge in [-0.05, 0) is 0 Å². The molecule has 0 spiro atoms. The quantitative estimate of drug-likeness (QED) is 0.698. The molecular weight excluding hydrogens is 248 g/mol. The van der Waals surface area contributed by atoms with Crippen LogP contribution in [0.15, 0.2) is 0 Å². The Hall–Kier alpha value is -1.63. The number of nitrogens with one attached hydrogen (secondary N) is 1. The molecule has 1 fully saturated rings. The lowest BCUT2D eigenvalue weighted by Gasteiger charge is -2.37. The summed E-state index contributed by atoms with van der Waals surface area (Å²) in [6.45, 7) is 8.23. The van der Waals surface area contributed by atoms with Crippen molar-refractivity contribution in [3.63, 3.8) is 0 Å². The van der Waals surface area contributed by atoms with E-state index in [1.807, 2.05) is 35.9 Å². The largest absolute Gasteiger partial charge is 0.351 e. The van der Waals surface area contributed by atoms with Crippen molar-refractivity contribution < 1.29 is 14.4 Å². The van der Waals surface area contributed by atoms with Crippen LogP contribution in [0.2, 0.25) is 0 Å². The van der Waals surface area contributed by atoms with E-state index in [2.05, 4.69) is 0 Å². The van der Waals surface area contributed by atoms with Crippen LogP contribution in [-0.4, -0.2) is 60.4 Å². The summed E-state index contributed by atoms with van der Waals surface area (Å²) in [5.74, 6) is -0.295. The van der Waals surface area contributed by atoms with E-state index in [0.29, 0.717) is 26.2 Å². The van der Waals surface area contributed by atoms with Gasteiger partial charge >= 0.3 is 6.03 Å². The van der Waals surface area contributed by atoms with Gasteiger partial charge in [-0.2, -0.15) is 0 Å². The van der Waals surface area contributed by atoms with Crippen molar-refractivity contribution in [2.45, 2.75) is 20.8 Å². The molecule has 0 saturated carbocycles. The van der Waals surface area contributed by atoms with Gasteiger partial charge in [0.15, 0.2) is 0 Å². The molecule has 1 aliphatic rings. The van der Waals surface area contributed by atoms with Gasteiger partial charge in [0.05, 0.1) is 6.54 Å². The molecule has 0 atom stereocenters. The minimum Gasteiger partial charge on any atom is -0.351 e. The minimum absolute atomic E-state index is 0.119. The summed E-state index contributed by atoms with van der Waals surface area (Å²) >= 11 is 0. The highest BCUT2D eigenvalue weighted by atomic mass is 16.2. The standard InChI is InChI=1S/C12H22N4O3/c1-12(2,3)10(18)16-6-4-15(5-7-16)8-9(17)14-11(13)19/h4-8H2,1-3H3,(H3,13,14,17,19). The lowest BCUT2D eigenvalue weighted by Crippen LogP contribution is -2.53. The van der Waals surface area contributed by atoms with Gasteiger partial charge in [-0.3, -0.25) is 19.8 Å². The van der Waals surface area contributed by atoms with Crippen LogP contribution in [-0.2, 0) is 9.59 Å². The molecule has 4 amide bonds. The van der Waals surface area contributed by atoms with Crippen molar-refractivity contribution in [2.24, 2.45) is 11.1 Å². The summed E-state index contributed by atoms with van der Waals surface area (Å²) < 4.78 is 0. The molecule has 7 nitrogen and oxygen atoms in total. The van der Waals surface area contributed by atoms with Gasteiger partial charge in [-0.25, -0.2) is 4.79 Å². The van der Waals surface area contributed by atoms with E-state index >= 15 is 0 Å². The van der Waals surface area contributed by atoms with E-state index in [4.69, 9.17) is 5.73 Å². The highest BCUT2D eigenvalue weighted by Gasteiger charge is 2.29. The molecule has 0 unspecified atom stereocenters. The Labute approximate surface area is 113 Å². The van der Waals surface area contributed by atoms with Gasteiger partial charge < -0.3 is 10.6 Å². The Balaban J connectivity index is 2.39. The van der Waals surface area contributed by atoms with Crippen LogP contribution in [0.4, 0.5) is 4.79 Å². The highest BCUT2D eigenvalue weighted by Crippen LogP contribution is 2.18. The number of carbonyl (C=O) groups excluding carboxylic acids is 3. The molecule has 0 radical (unpaired) electrons. The van der Waals surface area contributed by atoms with Crippen LogP contribution in [0.25, 0.3) is 0 Å². The predicted octanol–water partition coefficient (Wildman–Crippen LogP) is -0.628. The second-order valence-corrected chi connectivity index (χ2v) is 5.73. The number of urea groups is 1. The first-order valence-electron chi connectivity index (χ1n) is 6.31. The Morgan fingerprint density at radius 3 is 2.05 bits per heavy atom. The third kappa shape index (κ3) is 4.86. The molecule has 1 rings (SSSR count). The molecule has 1 aliphatic heterocycles. The zero-order valence-electron chi connectivity index (χ0n) is 11.7. The second-order valence-electron chi connectivity index (χ2n) is 5.73.